The van der Waals surface area contributed by atoms with Gasteiger partial charge in [0.25, 0.3) is 5.91 Å². The molecule has 3 aromatic carbocycles. The molecule has 0 unspecified atom stereocenters. The number of amides is 4. The van der Waals surface area contributed by atoms with E-state index in [1.54, 1.807) is 24.3 Å². The van der Waals surface area contributed by atoms with E-state index in [1.807, 2.05) is 67.6 Å². The van der Waals surface area contributed by atoms with E-state index in [2.05, 4.69) is 10.6 Å². The Balaban J connectivity index is 1.55. The maximum absolute atomic E-state index is 13.3. The molecule has 0 aromatic heterocycles. The topological polar surface area (TPSA) is 78.5 Å². The number of hydrogen-bond acceptors (Lipinski definition) is 3. The van der Waals surface area contributed by atoms with Gasteiger partial charge in [-0.05, 0) is 35.2 Å². The van der Waals surface area contributed by atoms with Crippen molar-refractivity contribution in [2.45, 2.75) is 24.9 Å². The van der Waals surface area contributed by atoms with Crippen molar-refractivity contribution < 1.29 is 14.4 Å². The average Bonchev–Trinajstić information content (AvgIpc) is 3.09. The molecule has 1 atom stereocenters. The Labute approximate surface area is 197 Å². The molecular formula is C26H24ClN3O3. The highest BCUT2D eigenvalue weighted by atomic mass is 35.5. The van der Waals surface area contributed by atoms with E-state index in [9.17, 15) is 14.4 Å². The lowest BCUT2D eigenvalue weighted by molar-refractivity contribution is -0.135. The molecule has 2 N–H and O–H groups in total. The van der Waals surface area contributed by atoms with Gasteiger partial charge in [0, 0.05) is 5.02 Å². The quantitative estimate of drug-likeness (QED) is 0.512. The van der Waals surface area contributed by atoms with Gasteiger partial charge >= 0.3 is 6.03 Å². The molecule has 1 aliphatic rings. The molecule has 7 heteroatoms. The van der Waals surface area contributed by atoms with Crippen LogP contribution in [-0.2, 0) is 15.1 Å². The standard InChI is InChI=1S/C26H24ClN3O3/c1-2-26(20-13-15-21(27)16-14-20)24(32)30(25(33)29-26)17-22(31)28-23(18-9-5-3-6-10-18)19-11-7-4-8-12-19/h3-16,23H,2,17H2,1H3,(H,28,31)(H,29,33)/t26-/m0/s1. The number of nitrogens with zero attached hydrogens (tertiary/aromatic N) is 1. The first-order valence-electron chi connectivity index (χ1n) is 10.7. The first-order chi connectivity index (χ1) is 15.9. The Morgan fingerprint density at radius 3 is 2.00 bits per heavy atom. The van der Waals surface area contributed by atoms with E-state index >= 15 is 0 Å². The molecule has 0 saturated carbocycles. The first-order valence-corrected chi connectivity index (χ1v) is 11.1. The summed E-state index contributed by atoms with van der Waals surface area (Å²) in [6.07, 6.45) is 0.341. The van der Waals surface area contributed by atoms with Crippen LogP contribution in [0.3, 0.4) is 0 Å². The van der Waals surface area contributed by atoms with E-state index in [0.717, 1.165) is 16.0 Å². The van der Waals surface area contributed by atoms with Crippen molar-refractivity contribution in [1.82, 2.24) is 15.5 Å². The molecule has 0 bridgehead atoms. The van der Waals surface area contributed by atoms with Crippen LogP contribution in [0.2, 0.25) is 5.02 Å². The van der Waals surface area contributed by atoms with Crippen LogP contribution in [0.25, 0.3) is 0 Å². The third kappa shape index (κ3) is 4.47. The van der Waals surface area contributed by atoms with Gasteiger partial charge < -0.3 is 10.6 Å². The smallest absolute Gasteiger partial charge is 0.325 e. The summed E-state index contributed by atoms with van der Waals surface area (Å²) >= 11 is 5.98. The van der Waals surface area contributed by atoms with Crippen molar-refractivity contribution in [2.75, 3.05) is 6.54 Å². The monoisotopic (exact) mass is 461 g/mol. The lowest BCUT2D eigenvalue weighted by Crippen LogP contribution is -2.45. The summed E-state index contributed by atoms with van der Waals surface area (Å²) in [5.41, 5.74) is 1.21. The SMILES string of the molecule is CC[C@@]1(c2ccc(Cl)cc2)NC(=O)N(CC(=O)NC(c2ccccc2)c2ccccc2)C1=O. The molecular weight excluding hydrogens is 438 g/mol. The summed E-state index contributed by atoms with van der Waals surface area (Å²) < 4.78 is 0. The highest BCUT2D eigenvalue weighted by Crippen LogP contribution is 2.33. The van der Waals surface area contributed by atoms with Crippen LogP contribution in [-0.4, -0.2) is 29.3 Å². The number of rotatable bonds is 7. The second-order valence-corrected chi connectivity index (χ2v) is 8.35. The number of urea groups is 1. The van der Waals surface area contributed by atoms with Crippen LogP contribution in [0.1, 0.15) is 36.1 Å². The molecule has 1 saturated heterocycles. The van der Waals surface area contributed by atoms with Gasteiger partial charge in [0.2, 0.25) is 5.91 Å². The summed E-state index contributed by atoms with van der Waals surface area (Å²) in [4.78, 5) is 40.1. The summed E-state index contributed by atoms with van der Waals surface area (Å²) in [6, 6.07) is 24.9. The van der Waals surface area contributed by atoms with E-state index in [4.69, 9.17) is 11.6 Å². The van der Waals surface area contributed by atoms with E-state index in [1.165, 1.54) is 0 Å². The summed E-state index contributed by atoms with van der Waals surface area (Å²) in [7, 11) is 0. The number of halogens is 1. The minimum atomic E-state index is -1.22. The molecule has 0 spiro atoms. The largest absolute Gasteiger partial charge is 0.344 e. The fraction of sp³-hybridized carbons (Fsp3) is 0.192. The van der Waals surface area contributed by atoms with Gasteiger partial charge in [-0.15, -0.1) is 0 Å². The van der Waals surface area contributed by atoms with E-state index < -0.39 is 29.4 Å². The lowest BCUT2D eigenvalue weighted by atomic mass is 9.87. The van der Waals surface area contributed by atoms with Crippen molar-refractivity contribution in [3.05, 3.63) is 107 Å². The number of nitrogens with one attached hydrogen (secondary N) is 2. The summed E-state index contributed by atoms with van der Waals surface area (Å²) in [6.45, 7) is 1.44. The maximum atomic E-state index is 13.3. The van der Waals surface area contributed by atoms with Gasteiger partial charge in [-0.3, -0.25) is 14.5 Å². The molecule has 1 aliphatic heterocycles. The summed E-state index contributed by atoms with van der Waals surface area (Å²) in [5.74, 6) is -0.886. The highest BCUT2D eigenvalue weighted by Gasteiger charge is 2.51. The molecule has 6 nitrogen and oxygen atoms in total. The van der Waals surface area contributed by atoms with Crippen LogP contribution < -0.4 is 10.6 Å². The van der Waals surface area contributed by atoms with Crippen molar-refractivity contribution in [3.8, 4) is 0 Å². The minimum Gasteiger partial charge on any atom is -0.344 e. The van der Waals surface area contributed by atoms with Crippen LogP contribution in [0.15, 0.2) is 84.9 Å². The van der Waals surface area contributed by atoms with Crippen molar-refractivity contribution in [3.63, 3.8) is 0 Å². The molecule has 4 amide bonds. The van der Waals surface area contributed by atoms with Crippen molar-refractivity contribution in [2.24, 2.45) is 0 Å². The number of carbonyl (C=O) groups is 3. The molecule has 168 valence electrons. The molecule has 3 aromatic rings. The van der Waals surface area contributed by atoms with Gasteiger partial charge in [0.05, 0.1) is 6.04 Å². The van der Waals surface area contributed by atoms with Crippen LogP contribution in [0.5, 0.6) is 0 Å². The number of benzene rings is 3. The van der Waals surface area contributed by atoms with Crippen LogP contribution in [0.4, 0.5) is 4.79 Å². The zero-order valence-electron chi connectivity index (χ0n) is 18.1. The van der Waals surface area contributed by atoms with Crippen molar-refractivity contribution in [1.29, 1.82) is 0 Å². The average molecular weight is 462 g/mol. The van der Waals surface area contributed by atoms with Crippen molar-refractivity contribution >= 4 is 29.4 Å². The maximum Gasteiger partial charge on any atom is 0.325 e. The minimum absolute atomic E-state index is 0.341. The van der Waals surface area contributed by atoms with Gasteiger partial charge in [-0.1, -0.05) is 91.3 Å². The summed E-state index contributed by atoms with van der Waals surface area (Å²) in [5, 5.41) is 6.30. The number of hydrogen-bond donors (Lipinski definition) is 2. The second-order valence-electron chi connectivity index (χ2n) is 7.91. The molecule has 33 heavy (non-hydrogen) atoms. The van der Waals surface area contributed by atoms with Gasteiger partial charge in [0.15, 0.2) is 0 Å². The Morgan fingerprint density at radius 2 is 1.48 bits per heavy atom. The van der Waals surface area contributed by atoms with E-state index in [-0.39, 0.29) is 6.54 Å². The first kappa shape index (κ1) is 22.6. The van der Waals surface area contributed by atoms with Crippen LogP contribution >= 0.6 is 11.6 Å². The Kier molecular flexibility index (Phi) is 6.47. The van der Waals surface area contributed by atoms with Crippen LogP contribution in [0, 0.1) is 0 Å². The molecule has 1 fully saturated rings. The molecule has 1 heterocycles. The Bertz CT molecular complexity index is 1110. The van der Waals surface area contributed by atoms with Gasteiger partial charge in [-0.25, -0.2) is 4.79 Å². The molecule has 0 aliphatic carbocycles. The third-order valence-corrected chi connectivity index (χ3v) is 6.17. The number of imide groups is 1. The Morgan fingerprint density at radius 1 is 0.939 bits per heavy atom. The predicted octanol–water partition coefficient (Wildman–Crippen LogP) is 4.40. The molecule has 0 radical (unpaired) electrons. The highest BCUT2D eigenvalue weighted by molar-refractivity contribution is 6.30. The van der Waals surface area contributed by atoms with E-state index in [0.29, 0.717) is 17.0 Å². The second kappa shape index (κ2) is 9.46. The zero-order chi connectivity index (χ0) is 23.4. The fourth-order valence-corrected chi connectivity index (χ4v) is 4.27. The normalized spacial score (nSPS) is 17.8. The number of carbonyl (C=O) groups excluding carboxylic acids is 3. The lowest BCUT2D eigenvalue weighted by Gasteiger charge is -2.26. The fourth-order valence-electron chi connectivity index (χ4n) is 4.14. The van der Waals surface area contributed by atoms with Gasteiger partial charge in [0.1, 0.15) is 12.1 Å². The van der Waals surface area contributed by atoms with Gasteiger partial charge in [-0.2, -0.15) is 0 Å². The molecule has 4 rings (SSSR count). The zero-order valence-corrected chi connectivity index (χ0v) is 18.9. The Hall–Kier alpha value is -3.64. The third-order valence-electron chi connectivity index (χ3n) is 5.92. The predicted molar refractivity (Wildman–Crippen MR) is 127 cm³/mol.